The van der Waals surface area contributed by atoms with Gasteiger partial charge in [-0.3, -0.25) is 4.79 Å². The summed E-state index contributed by atoms with van der Waals surface area (Å²) in [6.45, 7) is 16.3. The normalized spacial score (nSPS) is 18.8. The van der Waals surface area contributed by atoms with Crippen molar-refractivity contribution in [3.05, 3.63) is 58.7 Å². The van der Waals surface area contributed by atoms with Crippen LogP contribution in [0.5, 0.6) is 0 Å². The Morgan fingerprint density at radius 1 is 1.18 bits per heavy atom. The number of hydrogen-bond donors (Lipinski definition) is 0. The number of carbonyl (C=O) groups excluding carboxylic acids is 1. The van der Waals surface area contributed by atoms with E-state index in [4.69, 9.17) is 9.47 Å². The highest BCUT2D eigenvalue weighted by Gasteiger charge is 2.31. The molecule has 1 fully saturated rings. The number of aromatic nitrogens is 2. The van der Waals surface area contributed by atoms with Crippen molar-refractivity contribution in [2.45, 2.75) is 97.1 Å². The molecule has 1 aromatic carbocycles. The molecule has 39 heavy (non-hydrogen) atoms. The van der Waals surface area contributed by atoms with Crippen LogP contribution in [0.4, 0.5) is 0 Å². The van der Waals surface area contributed by atoms with Gasteiger partial charge in [-0.05, 0) is 71.2 Å². The first kappa shape index (κ1) is 29.4. The Balaban J connectivity index is 1.61. The van der Waals surface area contributed by atoms with E-state index >= 15 is 0 Å². The molecule has 2 aromatic rings. The van der Waals surface area contributed by atoms with Gasteiger partial charge in [0, 0.05) is 40.5 Å². The smallest absolute Gasteiger partial charge is 0.202 e. The molecule has 4 rings (SSSR count). The minimum atomic E-state index is -1.22. The van der Waals surface area contributed by atoms with Crippen molar-refractivity contribution in [3.8, 4) is 6.07 Å². The number of benzene rings is 1. The van der Waals surface area contributed by atoms with Crippen molar-refractivity contribution >= 4 is 19.4 Å². The molecule has 0 bridgehead atoms. The van der Waals surface area contributed by atoms with Gasteiger partial charge < -0.3 is 14.0 Å². The maximum atomic E-state index is 13.7. The van der Waals surface area contributed by atoms with Crippen LogP contribution in [0.1, 0.15) is 85.9 Å². The third kappa shape index (κ3) is 7.56. The summed E-state index contributed by atoms with van der Waals surface area (Å²) in [5.41, 5.74) is 5.50. The van der Waals surface area contributed by atoms with Crippen molar-refractivity contribution in [2.75, 3.05) is 19.8 Å². The molecule has 0 spiro atoms. The summed E-state index contributed by atoms with van der Waals surface area (Å²) in [6, 6.07) is 9.82. The van der Waals surface area contributed by atoms with Crippen LogP contribution in [0.15, 0.2) is 30.5 Å². The van der Waals surface area contributed by atoms with Gasteiger partial charge in [-0.1, -0.05) is 64.7 Å². The second kappa shape index (κ2) is 11.9. The summed E-state index contributed by atoms with van der Waals surface area (Å²) in [5, 5.41) is 9.47. The number of allylic oxidation sites excluding steroid dienone is 2. The number of imidazole rings is 1. The van der Waals surface area contributed by atoms with Gasteiger partial charge in [0.05, 0.1) is 0 Å². The zero-order valence-corrected chi connectivity index (χ0v) is 25.7. The van der Waals surface area contributed by atoms with Gasteiger partial charge in [0.15, 0.2) is 11.5 Å². The van der Waals surface area contributed by atoms with Crippen LogP contribution in [0.2, 0.25) is 25.7 Å². The van der Waals surface area contributed by atoms with Crippen molar-refractivity contribution in [2.24, 2.45) is 5.41 Å². The van der Waals surface area contributed by atoms with E-state index in [0.717, 1.165) is 56.9 Å². The molecule has 6 nitrogen and oxygen atoms in total. The number of Topliss-reactive ketones (excluding diaryl/α,β-unsaturated/α-hetero) is 1. The number of hydrogen-bond acceptors (Lipinski definition) is 5. The first-order valence-corrected chi connectivity index (χ1v) is 18.1. The lowest BCUT2D eigenvalue weighted by Gasteiger charge is -2.35. The molecule has 1 aliphatic carbocycles. The first-order valence-electron chi connectivity index (χ1n) is 14.4. The number of carbonyl (C=O) groups is 1. The molecule has 2 aliphatic rings. The zero-order valence-electron chi connectivity index (χ0n) is 24.7. The van der Waals surface area contributed by atoms with Crippen molar-refractivity contribution in [1.82, 2.24) is 9.55 Å². The molecule has 0 unspecified atom stereocenters. The molecular formula is C32H45N3O3Si. The van der Waals surface area contributed by atoms with E-state index in [0.29, 0.717) is 17.8 Å². The zero-order chi connectivity index (χ0) is 28.3. The monoisotopic (exact) mass is 547 g/mol. The second-order valence-electron chi connectivity index (χ2n) is 13.6. The van der Waals surface area contributed by atoms with Crippen molar-refractivity contribution in [1.29, 1.82) is 5.26 Å². The van der Waals surface area contributed by atoms with Crippen LogP contribution in [0.3, 0.4) is 0 Å². The van der Waals surface area contributed by atoms with Crippen LogP contribution in [-0.2, 0) is 28.0 Å². The summed E-state index contributed by atoms with van der Waals surface area (Å²) < 4.78 is 13.3. The maximum Gasteiger partial charge on any atom is 0.202 e. The Morgan fingerprint density at radius 2 is 1.92 bits per heavy atom. The standard InChI is InChI=1S/C32H45N3O3Si/c1-31(2)11-9-24(10-12-31)28-20-26(32(3)13-15-37-16-14-32)8-7-25(28)19-29(36)30-34-27(21-33)22-35(30)23-38-17-18-39(4,5)6/h7-9,20,22H,10-19,23H2,1-6H3. The highest BCUT2D eigenvalue weighted by Crippen LogP contribution is 2.41. The molecule has 1 aliphatic heterocycles. The predicted octanol–water partition coefficient (Wildman–Crippen LogP) is 7.15. The quantitative estimate of drug-likeness (QED) is 0.179. The number of nitrogens with zero attached hydrogens (tertiary/aromatic N) is 3. The molecule has 0 N–H and O–H groups in total. The Hall–Kier alpha value is -2.53. The third-order valence-corrected chi connectivity index (χ3v) is 10.1. The summed E-state index contributed by atoms with van der Waals surface area (Å²) in [6.07, 6.45) is 9.43. The molecule has 2 heterocycles. The second-order valence-corrected chi connectivity index (χ2v) is 19.2. The lowest BCUT2D eigenvalue weighted by Crippen LogP contribution is -2.30. The van der Waals surface area contributed by atoms with Gasteiger partial charge in [0.1, 0.15) is 12.8 Å². The lowest BCUT2D eigenvalue weighted by atomic mass is 9.73. The Bertz CT molecular complexity index is 1260. The third-order valence-electron chi connectivity index (χ3n) is 8.44. The molecule has 0 saturated carbocycles. The van der Waals surface area contributed by atoms with E-state index < -0.39 is 8.07 Å². The lowest BCUT2D eigenvalue weighted by molar-refractivity contribution is 0.0564. The van der Waals surface area contributed by atoms with Gasteiger partial charge >= 0.3 is 0 Å². The van der Waals surface area contributed by atoms with Gasteiger partial charge in [-0.25, -0.2) is 4.98 Å². The van der Waals surface area contributed by atoms with Gasteiger partial charge in [-0.15, -0.1) is 0 Å². The molecular weight excluding hydrogens is 502 g/mol. The molecule has 210 valence electrons. The van der Waals surface area contributed by atoms with E-state index in [2.05, 4.69) is 75.7 Å². The maximum absolute atomic E-state index is 13.7. The fraction of sp³-hybridized carbons (Fsp3) is 0.594. The van der Waals surface area contributed by atoms with Gasteiger partial charge in [0.2, 0.25) is 5.78 Å². The number of ether oxygens (including phenoxy) is 2. The average molecular weight is 548 g/mol. The number of ketones is 1. The van der Waals surface area contributed by atoms with E-state index in [-0.39, 0.29) is 30.0 Å². The summed E-state index contributed by atoms with van der Waals surface area (Å²) in [7, 11) is -1.22. The van der Waals surface area contributed by atoms with Crippen LogP contribution in [-0.4, -0.2) is 43.2 Å². The number of rotatable bonds is 10. The van der Waals surface area contributed by atoms with Crippen molar-refractivity contribution < 1.29 is 14.3 Å². The van der Waals surface area contributed by atoms with Gasteiger partial charge in [0.25, 0.3) is 0 Å². The molecule has 7 heteroatoms. The van der Waals surface area contributed by atoms with E-state index in [1.165, 1.54) is 16.7 Å². The molecule has 0 amide bonds. The Labute approximate surface area is 235 Å². The predicted molar refractivity (Wildman–Crippen MR) is 159 cm³/mol. The topological polar surface area (TPSA) is 77.1 Å². The fourth-order valence-corrected chi connectivity index (χ4v) is 6.18. The highest BCUT2D eigenvalue weighted by atomic mass is 28.3. The highest BCUT2D eigenvalue weighted by molar-refractivity contribution is 6.76. The molecule has 0 atom stereocenters. The Kier molecular flexibility index (Phi) is 9.00. The summed E-state index contributed by atoms with van der Waals surface area (Å²) in [5.74, 6) is 0.207. The Morgan fingerprint density at radius 3 is 2.56 bits per heavy atom. The minimum absolute atomic E-state index is 0.0786. The summed E-state index contributed by atoms with van der Waals surface area (Å²) in [4.78, 5) is 18.0. The van der Waals surface area contributed by atoms with Crippen LogP contribution < -0.4 is 0 Å². The van der Waals surface area contributed by atoms with Crippen LogP contribution in [0.25, 0.3) is 5.57 Å². The van der Waals surface area contributed by atoms with E-state index in [1.807, 2.05) is 0 Å². The minimum Gasteiger partial charge on any atom is -0.381 e. The van der Waals surface area contributed by atoms with Gasteiger partial charge in [-0.2, -0.15) is 5.26 Å². The van der Waals surface area contributed by atoms with E-state index in [1.54, 1.807) is 10.8 Å². The molecule has 0 radical (unpaired) electrons. The SMILES string of the molecule is CC1(C)CC=C(c2cc(C3(C)CCOCC3)ccc2CC(=O)c2nc(C#N)cn2COCC[Si](C)(C)C)CC1. The molecule has 1 aromatic heterocycles. The average Bonchev–Trinajstić information content (AvgIpc) is 3.30. The molecule has 1 saturated heterocycles. The largest absolute Gasteiger partial charge is 0.381 e. The summed E-state index contributed by atoms with van der Waals surface area (Å²) >= 11 is 0. The van der Waals surface area contributed by atoms with Crippen LogP contribution >= 0.6 is 0 Å². The van der Waals surface area contributed by atoms with Crippen molar-refractivity contribution in [3.63, 3.8) is 0 Å². The van der Waals surface area contributed by atoms with Crippen LogP contribution in [0, 0.1) is 16.7 Å². The fourth-order valence-electron chi connectivity index (χ4n) is 5.42. The van der Waals surface area contributed by atoms with E-state index in [9.17, 15) is 10.1 Å². The number of nitriles is 1. The first-order chi connectivity index (χ1) is 18.4.